The zero-order valence-electron chi connectivity index (χ0n) is 18.5. The normalized spacial score (nSPS) is 12.0. The molecule has 3 aromatic heterocycles. The van der Waals surface area contributed by atoms with Gasteiger partial charge in [-0.1, -0.05) is 29.3 Å². The lowest BCUT2D eigenvalue weighted by Gasteiger charge is -2.20. The summed E-state index contributed by atoms with van der Waals surface area (Å²) in [5.74, 6) is 0.146. The van der Waals surface area contributed by atoms with E-state index in [9.17, 15) is 13.2 Å². The summed E-state index contributed by atoms with van der Waals surface area (Å²) >= 11 is 12.4. The van der Waals surface area contributed by atoms with E-state index in [1.165, 1.54) is 12.3 Å². The number of alkyl halides is 3. The van der Waals surface area contributed by atoms with E-state index in [0.29, 0.717) is 29.7 Å². The third-order valence-electron chi connectivity index (χ3n) is 5.18. The van der Waals surface area contributed by atoms with Crippen molar-refractivity contribution < 1.29 is 22.3 Å². The number of pyridine rings is 1. The number of fused-ring (bicyclic) bond motifs is 1. The summed E-state index contributed by atoms with van der Waals surface area (Å²) in [6.07, 6.45) is -0.195. The second-order valence-electron chi connectivity index (χ2n) is 7.98. The molecule has 0 unspecified atom stereocenters. The molecule has 35 heavy (non-hydrogen) atoms. The van der Waals surface area contributed by atoms with Gasteiger partial charge in [0.2, 0.25) is 0 Å². The van der Waals surface area contributed by atoms with Crippen molar-refractivity contribution in [3.8, 4) is 16.9 Å². The number of aryl methyl sites for hydroxylation is 2. The number of benzene rings is 1. The molecule has 0 aliphatic rings. The van der Waals surface area contributed by atoms with E-state index in [1.54, 1.807) is 24.4 Å². The number of imidazole rings is 1. The molecule has 0 saturated carbocycles. The first-order chi connectivity index (χ1) is 16.5. The van der Waals surface area contributed by atoms with Crippen molar-refractivity contribution in [3.63, 3.8) is 0 Å². The molecule has 1 aromatic carbocycles. The fourth-order valence-electron chi connectivity index (χ4n) is 3.69. The maximum atomic E-state index is 15.2. The first-order valence-electron chi connectivity index (χ1n) is 10.5. The van der Waals surface area contributed by atoms with E-state index in [4.69, 9.17) is 33.7 Å². The van der Waals surface area contributed by atoms with Crippen LogP contribution in [-0.2, 0) is 19.0 Å². The number of hydrogen-bond donors (Lipinski definition) is 1. The summed E-state index contributed by atoms with van der Waals surface area (Å²) in [5, 5.41) is -0.0108. The van der Waals surface area contributed by atoms with Crippen LogP contribution in [0, 0.1) is 5.82 Å². The molecule has 0 aliphatic carbocycles. The van der Waals surface area contributed by atoms with Crippen LogP contribution in [-0.4, -0.2) is 25.5 Å². The molecule has 184 valence electrons. The van der Waals surface area contributed by atoms with Crippen molar-refractivity contribution in [1.29, 1.82) is 0 Å². The smallest absolute Gasteiger partial charge is 0.433 e. The van der Waals surface area contributed by atoms with E-state index >= 15 is 4.39 Å². The number of nitrogen functional groups attached to an aromatic ring is 1. The van der Waals surface area contributed by atoms with Gasteiger partial charge in [0, 0.05) is 30.6 Å². The quantitative estimate of drug-likeness (QED) is 0.293. The number of ether oxygens (including phenoxy) is 1. The standard InChI is InChI=1S/C23H19Cl2F4N5O/c1-11(2)35-20-12(4-6-16-33-21(25)19-22(30)31-7-8-34(16)19)9-14(24)18(26)17(20)13-3-5-15(32-10-13)23(27,28)29/h3,5,7-11H,4,6H2,1-2H3,(H2,30,31). The van der Waals surface area contributed by atoms with Gasteiger partial charge in [-0.15, -0.1) is 0 Å². The predicted octanol–water partition coefficient (Wildman–Crippen LogP) is 6.41. The number of nitrogens with two attached hydrogens (primary N) is 1. The number of nitrogens with zero attached hydrogens (tertiary/aromatic N) is 4. The monoisotopic (exact) mass is 527 g/mol. The zero-order valence-corrected chi connectivity index (χ0v) is 20.0. The molecule has 0 atom stereocenters. The second kappa shape index (κ2) is 9.50. The first kappa shape index (κ1) is 25.0. The summed E-state index contributed by atoms with van der Waals surface area (Å²) in [4.78, 5) is 11.8. The number of anilines is 1. The molecule has 4 aromatic rings. The molecule has 0 spiro atoms. The van der Waals surface area contributed by atoms with Gasteiger partial charge in [0.25, 0.3) is 0 Å². The Morgan fingerprint density at radius 1 is 1.14 bits per heavy atom. The molecule has 0 bridgehead atoms. The Morgan fingerprint density at radius 3 is 2.51 bits per heavy atom. The fraction of sp³-hybridized carbons (Fsp3) is 0.261. The molecule has 6 nitrogen and oxygen atoms in total. The summed E-state index contributed by atoms with van der Waals surface area (Å²) in [5.41, 5.74) is 5.85. The molecule has 0 saturated heterocycles. The fourth-order valence-corrected chi connectivity index (χ4v) is 4.20. The molecular formula is C23H19Cl2F4N5O. The van der Waals surface area contributed by atoms with Gasteiger partial charge >= 0.3 is 6.18 Å². The summed E-state index contributed by atoms with van der Waals surface area (Å²) in [7, 11) is 0. The SMILES string of the molecule is CC(C)Oc1c(CCc2nc(Cl)c3c(N)nccn23)cc(Cl)c(F)c1-c1ccc(C(F)(F)F)nc1. The van der Waals surface area contributed by atoms with E-state index in [1.807, 2.05) is 0 Å². The molecule has 12 heteroatoms. The van der Waals surface area contributed by atoms with Gasteiger partial charge < -0.3 is 10.5 Å². The minimum atomic E-state index is -4.62. The second-order valence-corrected chi connectivity index (χ2v) is 8.75. The summed E-state index contributed by atoms with van der Waals surface area (Å²) < 4.78 is 61.8. The Morgan fingerprint density at radius 2 is 1.89 bits per heavy atom. The summed E-state index contributed by atoms with van der Waals surface area (Å²) in [6, 6.07) is 3.35. The third kappa shape index (κ3) is 4.99. The Bertz CT molecular complexity index is 1390. The summed E-state index contributed by atoms with van der Waals surface area (Å²) in [6.45, 7) is 3.51. The lowest BCUT2D eigenvalue weighted by molar-refractivity contribution is -0.141. The van der Waals surface area contributed by atoms with Crippen LogP contribution in [0.4, 0.5) is 23.4 Å². The first-order valence-corrected chi connectivity index (χ1v) is 11.2. The highest BCUT2D eigenvalue weighted by molar-refractivity contribution is 6.33. The van der Waals surface area contributed by atoms with Crippen molar-refractivity contribution in [1.82, 2.24) is 19.4 Å². The van der Waals surface area contributed by atoms with E-state index in [-0.39, 0.29) is 39.0 Å². The Hall–Kier alpha value is -3.11. The number of hydrogen-bond acceptors (Lipinski definition) is 5. The molecule has 0 radical (unpaired) electrons. The minimum Gasteiger partial charge on any atom is -0.490 e. The largest absolute Gasteiger partial charge is 0.490 e. The average molecular weight is 528 g/mol. The molecule has 2 N–H and O–H groups in total. The van der Waals surface area contributed by atoms with Crippen molar-refractivity contribution in [3.05, 3.63) is 69.9 Å². The average Bonchev–Trinajstić information content (AvgIpc) is 3.11. The minimum absolute atomic E-state index is 0.0677. The van der Waals surface area contributed by atoms with E-state index in [2.05, 4.69) is 15.0 Å². The van der Waals surface area contributed by atoms with Gasteiger partial charge in [-0.2, -0.15) is 13.2 Å². The van der Waals surface area contributed by atoms with Crippen LogP contribution < -0.4 is 10.5 Å². The maximum absolute atomic E-state index is 15.2. The molecule has 4 rings (SSSR count). The lowest BCUT2D eigenvalue weighted by Crippen LogP contribution is -2.11. The Labute approximate surface area is 207 Å². The molecule has 0 aliphatic heterocycles. The molecule has 3 heterocycles. The predicted molar refractivity (Wildman–Crippen MR) is 125 cm³/mol. The molecule has 0 amide bonds. The zero-order chi connectivity index (χ0) is 25.5. The highest BCUT2D eigenvalue weighted by atomic mass is 35.5. The van der Waals surface area contributed by atoms with Crippen molar-refractivity contribution >= 4 is 34.5 Å². The highest BCUT2D eigenvalue weighted by Crippen LogP contribution is 2.41. The van der Waals surface area contributed by atoms with Crippen LogP contribution in [0.15, 0.2) is 36.8 Å². The van der Waals surface area contributed by atoms with Crippen LogP contribution in [0.3, 0.4) is 0 Å². The van der Waals surface area contributed by atoms with Gasteiger partial charge in [0.05, 0.1) is 16.7 Å². The third-order valence-corrected chi connectivity index (χ3v) is 5.72. The Balaban J connectivity index is 1.78. The Kier molecular flexibility index (Phi) is 6.79. The van der Waals surface area contributed by atoms with Crippen LogP contribution in [0.5, 0.6) is 5.75 Å². The van der Waals surface area contributed by atoms with Crippen LogP contribution in [0.2, 0.25) is 10.2 Å². The van der Waals surface area contributed by atoms with Crippen LogP contribution in [0.25, 0.3) is 16.6 Å². The van der Waals surface area contributed by atoms with Gasteiger partial charge in [-0.3, -0.25) is 9.38 Å². The highest BCUT2D eigenvalue weighted by Gasteiger charge is 2.32. The van der Waals surface area contributed by atoms with Crippen LogP contribution >= 0.6 is 23.2 Å². The molecule has 0 fully saturated rings. The number of halogens is 6. The van der Waals surface area contributed by atoms with Crippen LogP contribution in [0.1, 0.15) is 30.9 Å². The van der Waals surface area contributed by atoms with Crippen molar-refractivity contribution in [2.75, 3.05) is 5.73 Å². The van der Waals surface area contributed by atoms with Gasteiger partial charge in [-0.25, -0.2) is 14.4 Å². The number of rotatable bonds is 6. The van der Waals surface area contributed by atoms with Crippen molar-refractivity contribution in [2.24, 2.45) is 0 Å². The van der Waals surface area contributed by atoms with Gasteiger partial charge in [-0.05, 0) is 38.0 Å². The van der Waals surface area contributed by atoms with Gasteiger partial charge in [0.1, 0.15) is 22.8 Å². The van der Waals surface area contributed by atoms with E-state index < -0.39 is 17.7 Å². The van der Waals surface area contributed by atoms with E-state index in [0.717, 1.165) is 18.3 Å². The maximum Gasteiger partial charge on any atom is 0.433 e. The number of aromatic nitrogens is 4. The van der Waals surface area contributed by atoms with Gasteiger partial charge in [0.15, 0.2) is 16.8 Å². The van der Waals surface area contributed by atoms with Crippen molar-refractivity contribution in [2.45, 2.75) is 39.0 Å². The lowest BCUT2D eigenvalue weighted by atomic mass is 9.98. The molecular weight excluding hydrogens is 509 g/mol. The topological polar surface area (TPSA) is 78.3 Å².